The van der Waals surface area contributed by atoms with Crippen LogP contribution in [0.15, 0.2) is 34.7 Å². The number of para-hydroxylation sites is 1. The molecule has 1 heterocycles. The van der Waals surface area contributed by atoms with Crippen molar-refractivity contribution in [3.05, 3.63) is 36.1 Å². The highest BCUT2D eigenvalue weighted by atomic mass is 16.3. The van der Waals surface area contributed by atoms with E-state index < -0.39 is 0 Å². The zero-order valence-corrected chi connectivity index (χ0v) is 9.37. The predicted octanol–water partition coefficient (Wildman–Crippen LogP) is 4.58. The molecule has 0 amide bonds. The lowest BCUT2D eigenvalue weighted by Gasteiger charge is -1.95. The fraction of sp³-hybridized carbons (Fsp3) is 0.385. The summed E-state index contributed by atoms with van der Waals surface area (Å²) in [5.41, 5.74) is 0.987. The number of hydrogen-bond donors (Lipinski definition) is 0. The van der Waals surface area contributed by atoms with E-state index in [4.69, 9.17) is 4.42 Å². The van der Waals surface area contributed by atoms with Crippen LogP contribution in [0, 0.1) is 0 Å². The van der Waals surface area contributed by atoms with Gasteiger partial charge in [0.05, 0.1) is 0 Å². The maximum atomic E-state index is 5.63. The van der Waals surface area contributed by atoms with Crippen LogP contribution in [0.3, 0.4) is 0 Å². The average Bonchev–Trinajstić information content (AvgIpc) is 2.64. The Balaban J connectivity index is 0.000000461. The molecule has 0 aliphatic heterocycles. The van der Waals surface area contributed by atoms with Gasteiger partial charge in [0.2, 0.25) is 0 Å². The number of furan rings is 1. The molecule has 14 heavy (non-hydrogen) atoms. The van der Waals surface area contributed by atoms with Crippen LogP contribution in [0.5, 0.6) is 0 Å². The summed E-state index contributed by atoms with van der Waals surface area (Å²) in [5, 5.41) is 1.20. The molecule has 0 saturated carbocycles. The van der Waals surface area contributed by atoms with Gasteiger partial charge in [0.15, 0.2) is 0 Å². The highest BCUT2D eigenvalue weighted by Gasteiger charge is 2.05. The molecule has 0 fully saturated rings. The van der Waals surface area contributed by atoms with E-state index in [2.05, 4.69) is 26.0 Å². The normalized spacial score (nSPS) is 10.1. The van der Waals surface area contributed by atoms with E-state index in [1.54, 1.807) is 0 Å². The van der Waals surface area contributed by atoms with Crippen molar-refractivity contribution >= 4 is 11.0 Å². The maximum absolute atomic E-state index is 5.63. The SMILES string of the molecule is CC.CC(C)c1cc2ccccc2o1. The topological polar surface area (TPSA) is 13.1 Å². The van der Waals surface area contributed by atoms with E-state index in [1.807, 2.05) is 32.0 Å². The lowest BCUT2D eigenvalue weighted by Crippen LogP contribution is -1.79. The van der Waals surface area contributed by atoms with Gasteiger partial charge in [-0.3, -0.25) is 0 Å². The van der Waals surface area contributed by atoms with Crippen molar-refractivity contribution in [2.24, 2.45) is 0 Å². The standard InChI is InChI=1S/C11H12O.C2H6/c1-8(2)11-7-9-5-3-4-6-10(9)12-11;1-2/h3-8H,1-2H3;1-2H3. The first-order chi connectivity index (χ1) is 6.77. The van der Waals surface area contributed by atoms with Crippen LogP contribution in [0.4, 0.5) is 0 Å². The molecule has 2 aromatic rings. The van der Waals surface area contributed by atoms with Crippen molar-refractivity contribution < 1.29 is 4.42 Å². The molecular formula is C13H18O. The largest absolute Gasteiger partial charge is 0.461 e. The number of fused-ring (bicyclic) bond motifs is 1. The summed E-state index contributed by atoms with van der Waals surface area (Å²) in [6, 6.07) is 10.2. The molecule has 76 valence electrons. The number of rotatable bonds is 1. The van der Waals surface area contributed by atoms with Crippen molar-refractivity contribution in [2.45, 2.75) is 33.6 Å². The Labute approximate surface area is 85.7 Å². The molecular weight excluding hydrogens is 172 g/mol. The summed E-state index contributed by atoms with van der Waals surface area (Å²) < 4.78 is 5.63. The molecule has 0 radical (unpaired) electrons. The predicted molar refractivity (Wildman–Crippen MR) is 61.7 cm³/mol. The van der Waals surface area contributed by atoms with E-state index in [0.717, 1.165) is 11.3 Å². The molecule has 2 rings (SSSR count). The number of hydrogen-bond acceptors (Lipinski definition) is 1. The third-order valence-corrected chi connectivity index (χ3v) is 2.01. The molecule has 1 nitrogen and oxygen atoms in total. The first-order valence-corrected chi connectivity index (χ1v) is 5.26. The lowest BCUT2D eigenvalue weighted by atomic mass is 10.1. The Morgan fingerprint density at radius 3 is 2.29 bits per heavy atom. The zero-order chi connectivity index (χ0) is 10.6. The lowest BCUT2D eigenvalue weighted by molar-refractivity contribution is 0.522. The minimum absolute atomic E-state index is 0.470. The van der Waals surface area contributed by atoms with E-state index in [1.165, 1.54) is 5.39 Å². The quantitative estimate of drug-likeness (QED) is 0.641. The van der Waals surface area contributed by atoms with Crippen molar-refractivity contribution in [2.75, 3.05) is 0 Å². The fourth-order valence-corrected chi connectivity index (χ4v) is 1.29. The Morgan fingerprint density at radius 2 is 1.71 bits per heavy atom. The Kier molecular flexibility index (Phi) is 3.75. The van der Waals surface area contributed by atoms with Crippen LogP contribution >= 0.6 is 0 Å². The van der Waals surface area contributed by atoms with Gasteiger partial charge in [-0.2, -0.15) is 0 Å². The van der Waals surface area contributed by atoms with Gasteiger partial charge >= 0.3 is 0 Å². The molecule has 1 aromatic heterocycles. The zero-order valence-electron chi connectivity index (χ0n) is 9.37. The molecule has 0 N–H and O–H groups in total. The van der Waals surface area contributed by atoms with Crippen LogP contribution in [0.25, 0.3) is 11.0 Å². The molecule has 0 saturated heterocycles. The van der Waals surface area contributed by atoms with Crippen molar-refractivity contribution in [3.63, 3.8) is 0 Å². The summed E-state index contributed by atoms with van der Waals surface area (Å²) in [6.45, 7) is 8.27. The minimum Gasteiger partial charge on any atom is -0.461 e. The summed E-state index contributed by atoms with van der Waals surface area (Å²) in [5.74, 6) is 1.54. The maximum Gasteiger partial charge on any atom is 0.134 e. The highest BCUT2D eigenvalue weighted by Crippen LogP contribution is 2.23. The molecule has 0 spiro atoms. The molecule has 1 aromatic carbocycles. The van der Waals surface area contributed by atoms with E-state index in [0.29, 0.717) is 5.92 Å². The van der Waals surface area contributed by atoms with Gasteiger partial charge in [0, 0.05) is 11.3 Å². The summed E-state index contributed by atoms with van der Waals surface area (Å²) in [7, 11) is 0. The fourth-order valence-electron chi connectivity index (χ4n) is 1.29. The first-order valence-electron chi connectivity index (χ1n) is 5.26. The smallest absolute Gasteiger partial charge is 0.134 e. The minimum atomic E-state index is 0.470. The first kappa shape index (κ1) is 10.8. The second-order valence-electron chi connectivity index (χ2n) is 3.34. The van der Waals surface area contributed by atoms with Crippen molar-refractivity contribution in [1.29, 1.82) is 0 Å². The third kappa shape index (κ3) is 2.16. The average molecular weight is 190 g/mol. The monoisotopic (exact) mass is 190 g/mol. The van der Waals surface area contributed by atoms with Crippen LogP contribution in [-0.4, -0.2) is 0 Å². The van der Waals surface area contributed by atoms with Crippen molar-refractivity contribution in [3.8, 4) is 0 Å². The molecule has 0 atom stereocenters. The van der Waals surface area contributed by atoms with Gasteiger partial charge in [0.25, 0.3) is 0 Å². The van der Waals surface area contributed by atoms with Gasteiger partial charge in [-0.15, -0.1) is 0 Å². The van der Waals surface area contributed by atoms with Crippen LogP contribution in [-0.2, 0) is 0 Å². The second-order valence-corrected chi connectivity index (χ2v) is 3.34. The van der Waals surface area contributed by atoms with Gasteiger partial charge in [-0.1, -0.05) is 45.9 Å². The third-order valence-electron chi connectivity index (χ3n) is 2.01. The Hall–Kier alpha value is -1.24. The van der Waals surface area contributed by atoms with Crippen LogP contribution in [0.2, 0.25) is 0 Å². The summed E-state index contributed by atoms with van der Waals surface area (Å²) in [4.78, 5) is 0. The summed E-state index contributed by atoms with van der Waals surface area (Å²) in [6.07, 6.45) is 0. The molecule has 0 aliphatic carbocycles. The van der Waals surface area contributed by atoms with Crippen molar-refractivity contribution in [1.82, 2.24) is 0 Å². The van der Waals surface area contributed by atoms with Gasteiger partial charge < -0.3 is 4.42 Å². The van der Waals surface area contributed by atoms with E-state index in [9.17, 15) is 0 Å². The summed E-state index contributed by atoms with van der Waals surface area (Å²) >= 11 is 0. The highest BCUT2D eigenvalue weighted by molar-refractivity contribution is 5.77. The van der Waals surface area contributed by atoms with Gasteiger partial charge in [-0.25, -0.2) is 0 Å². The molecule has 1 heteroatoms. The van der Waals surface area contributed by atoms with E-state index in [-0.39, 0.29) is 0 Å². The van der Waals surface area contributed by atoms with Crippen LogP contribution in [0.1, 0.15) is 39.4 Å². The molecule has 0 bridgehead atoms. The Bertz CT molecular complexity index is 352. The molecule has 0 aliphatic rings. The number of benzene rings is 1. The molecule has 0 unspecified atom stereocenters. The van der Waals surface area contributed by atoms with Gasteiger partial charge in [-0.05, 0) is 12.1 Å². The van der Waals surface area contributed by atoms with Crippen LogP contribution < -0.4 is 0 Å². The second kappa shape index (κ2) is 4.85. The van der Waals surface area contributed by atoms with E-state index >= 15 is 0 Å². The Morgan fingerprint density at radius 1 is 1.07 bits per heavy atom. The van der Waals surface area contributed by atoms with Gasteiger partial charge in [0.1, 0.15) is 11.3 Å².